The number of nitrogens with zero attached hydrogens (tertiary/aromatic N) is 1. The summed E-state index contributed by atoms with van der Waals surface area (Å²) in [6, 6.07) is 3.82. The zero-order chi connectivity index (χ0) is 12.8. The van der Waals surface area contributed by atoms with Crippen LogP contribution in [0.15, 0.2) is 24.5 Å². The van der Waals surface area contributed by atoms with Crippen molar-refractivity contribution >= 4 is 17.7 Å². The highest BCUT2D eigenvalue weighted by atomic mass is 32.2. The number of aryl methyl sites for hydroxylation is 1. The molecule has 0 bridgehead atoms. The molecule has 1 saturated heterocycles. The van der Waals surface area contributed by atoms with Gasteiger partial charge in [-0.1, -0.05) is 0 Å². The van der Waals surface area contributed by atoms with Crippen molar-refractivity contribution in [3.05, 3.63) is 30.1 Å². The van der Waals surface area contributed by atoms with Gasteiger partial charge >= 0.3 is 0 Å². The van der Waals surface area contributed by atoms with Crippen molar-refractivity contribution in [3.8, 4) is 0 Å². The highest BCUT2D eigenvalue weighted by molar-refractivity contribution is 7.99. The molecule has 4 nitrogen and oxygen atoms in total. The number of aromatic nitrogens is 1. The van der Waals surface area contributed by atoms with E-state index in [4.69, 9.17) is 0 Å². The Morgan fingerprint density at radius 3 is 2.94 bits per heavy atom. The Kier molecular flexibility index (Phi) is 4.60. The molecule has 0 spiro atoms. The quantitative estimate of drug-likeness (QED) is 0.834. The predicted molar refractivity (Wildman–Crippen MR) is 72.5 cm³/mol. The van der Waals surface area contributed by atoms with E-state index in [1.807, 2.05) is 12.1 Å². The fraction of sp³-hybridized carbons (Fsp3) is 0.538. The zero-order valence-corrected chi connectivity index (χ0v) is 11.1. The van der Waals surface area contributed by atoms with Crippen LogP contribution >= 0.6 is 11.8 Å². The maximum absolute atomic E-state index is 11.7. The van der Waals surface area contributed by atoms with E-state index >= 15 is 0 Å². The molecule has 1 aliphatic heterocycles. The van der Waals surface area contributed by atoms with Gasteiger partial charge in [-0.3, -0.25) is 9.78 Å². The predicted octanol–water partition coefficient (Wildman–Crippen LogP) is 0.998. The summed E-state index contributed by atoms with van der Waals surface area (Å²) in [5.74, 6) is 1.69. The molecule has 2 N–H and O–H groups in total. The smallest absolute Gasteiger partial charge is 0.220 e. The lowest BCUT2D eigenvalue weighted by Gasteiger charge is -2.21. The lowest BCUT2D eigenvalue weighted by Crippen LogP contribution is -2.43. The normalized spacial score (nSPS) is 22.9. The molecule has 1 fully saturated rings. The average molecular weight is 266 g/mol. The number of hydrogen-bond donors (Lipinski definition) is 2. The van der Waals surface area contributed by atoms with E-state index in [1.54, 1.807) is 24.2 Å². The summed E-state index contributed by atoms with van der Waals surface area (Å²) in [6.45, 7) is 0.370. The summed E-state index contributed by atoms with van der Waals surface area (Å²) in [4.78, 5) is 15.6. The topological polar surface area (TPSA) is 62.2 Å². The molecule has 1 aromatic rings. The third-order valence-electron chi connectivity index (χ3n) is 3.09. The number of aliphatic hydroxyl groups is 1. The Labute approximate surface area is 111 Å². The second-order valence-electron chi connectivity index (χ2n) is 4.66. The summed E-state index contributed by atoms with van der Waals surface area (Å²) in [7, 11) is 0. The standard InChI is InChI=1S/C13H18N2O2S/c16-12(2-1-11-3-6-14-7-4-11)15-9-13(17)5-8-18-10-13/h3-4,6-7,17H,1-2,5,8-10H2,(H,15,16). The molecule has 0 radical (unpaired) electrons. The molecule has 18 heavy (non-hydrogen) atoms. The van der Waals surface area contributed by atoms with Gasteiger partial charge in [-0.2, -0.15) is 11.8 Å². The van der Waals surface area contributed by atoms with Crippen LogP contribution in [0.25, 0.3) is 0 Å². The molecule has 2 heterocycles. The number of thioether (sulfide) groups is 1. The second kappa shape index (κ2) is 6.20. The van der Waals surface area contributed by atoms with Crippen LogP contribution in [0.1, 0.15) is 18.4 Å². The molecule has 1 unspecified atom stereocenters. The van der Waals surface area contributed by atoms with E-state index < -0.39 is 5.60 Å². The largest absolute Gasteiger partial charge is 0.387 e. The molecule has 0 aliphatic carbocycles. The summed E-state index contributed by atoms with van der Waals surface area (Å²) in [5.41, 5.74) is 0.409. The molecular weight excluding hydrogens is 248 g/mol. The number of hydrogen-bond acceptors (Lipinski definition) is 4. The van der Waals surface area contributed by atoms with Gasteiger partial charge in [0, 0.05) is 31.1 Å². The molecule has 0 saturated carbocycles. The van der Waals surface area contributed by atoms with Crippen molar-refractivity contribution in [2.24, 2.45) is 0 Å². The lowest BCUT2D eigenvalue weighted by molar-refractivity contribution is -0.122. The van der Waals surface area contributed by atoms with Crippen molar-refractivity contribution in [2.75, 3.05) is 18.1 Å². The van der Waals surface area contributed by atoms with Crippen LogP contribution in [0.5, 0.6) is 0 Å². The Bertz CT molecular complexity index is 391. The van der Waals surface area contributed by atoms with Crippen LogP contribution in [0.3, 0.4) is 0 Å². The first-order valence-corrected chi connectivity index (χ1v) is 7.29. The van der Waals surface area contributed by atoms with Gasteiger partial charge in [0.05, 0.1) is 5.60 Å². The van der Waals surface area contributed by atoms with Gasteiger partial charge in [0.1, 0.15) is 0 Å². The summed E-state index contributed by atoms with van der Waals surface area (Å²) >= 11 is 1.73. The Morgan fingerprint density at radius 1 is 1.50 bits per heavy atom. The summed E-state index contributed by atoms with van der Waals surface area (Å²) in [5, 5.41) is 12.9. The van der Waals surface area contributed by atoms with Crippen LogP contribution in [-0.4, -0.2) is 39.6 Å². The molecule has 98 valence electrons. The van der Waals surface area contributed by atoms with Gasteiger partial charge in [-0.25, -0.2) is 0 Å². The maximum Gasteiger partial charge on any atom is 0.220 e. The molecule has 1 atom stereocenters. The van der Waals surface area contributed by atoms with Crippen molar-refractivity contribution in [1.82, 2.24) is 10.3 Å². The van der Waals surface area contributed by atoms with Crippen molar-refractivity contribution in [3.63, 3.8) is 0 Å². The van der Waals surface area contributed by atoms with E-state index in [1.165, 1.54) is 0 Å². The highest BCUT2D eigenvalue weighted by Gasteiger charge is 2.31. The van der Waals surface area contributed by atoms with Gasteiger partial charge in [-0.05, 0) is 36.3 Å². The molecule has 5 heteroatoms. The lowest BCUT2D eigenvalue weighted by atomic mass is 10.0. The Morgan fingerprint density at radius 2 is 2.28 bits per heavy atom. The number of nitrogens with one attached hydrogen (secondary N) is 1. The van der Waals surface area contributed by atoms with E-state index in [-0.39, 0.29) is 5.91 Å². The van der Waals surface area contributed by atoms with Gasteiger partial charge in [0.25, 0.3) is 0 Å². The monoisotopic (exact) mass is 266 g/mol. The first-order valence-electron chi connectivity index (χ1n) is 6.14. The average Bonchev–Trinajstić information content (AvgIpc) is 2.83. The fourth-order valence-electron chi connectivity index (χ4n) is 1.89. The minimum atomic E-state index is -0.697. The Hall–Kier alpha value is -1.07. The molecule has 2 rings (SSSR count). The third kappa shape index (κ3) is 3.99. The molecule has 1 aliphatic rings. The first kappa shape index (κ1) is 13.4. The fourth-order valence-corrected chi connectivity index (χ4v) is 3.19. The molecule has 0 aromatic carbocycles. The minimum Gasteiger partial charge on any atom is -0.387 e. The number of carbonyl (C=O) groups is 1. The molecule has 1 amide bonds. The zero-order valence-electron chi connectivity index (χ0n) is 10.3. The number of carbonyl (C=O) groups excluding carboxylic acids is 1. The van der Waals surface area contributed by atoms with Crippen LogP contribution in [0.4, 0.5) is 0 Å². The summed E-state index contributed by atoms with van der Waals surface area (Å²) in [6.07, 6.45) is 5.38. The van der Waals surface area contributed by atoms with Crippen LogP contribution < -0.4 is 5.32 Å². The highest BCUT2D eigenvalue weighted by Crippen LogP contribution is 2.26. The number of rotatable bonds is 5. The van der Waals surface area contributed by atoms with Gasteiger partial charge < -0.3 is 10.4 Å². The van der Waals surface area contributed by atoms with Crippen molar-refractivity contribution in [2.45, 2.75) is 24.9 Å². The van der Waals surface area contributed by atoms with Gasteiger partial charge in [0.2, 0.25) is 5.91 Å². The van der Waals surface area contributed by atoms with Crippen LogP contribution in [0.2, 0.25) is 0 Å². The maximum atomic E-state index is 11.7. The Balaban J connectivity index is 1.69. The van der Waals surface area contributed by atoms with Crippen LogP contribution in [-0.2, 0) is 11.2 Å². The second-order valence-corrected chi connectivity index (χ2v) is 5.76. The van der Waals surface area contributed by atoms with E-state index in [0.29, 0.717) is 19.4 Å². The molecule has 1 aromatic heterocycles. The van der Waals surface area contributed by atoms with Gasteiger partial charge in [-0.15, -0.1) is 0 Å². The number of amides is 1. The van der Waals surface area contributed by atoms with Crippen molar-refractivity contribution in [1.29, 1.82) is 0 Å². The van der Waals surface area contributed by atoms with Crippen molar-refractivity contribution < 1.29 is 9.90 Å². The molecular formula is C13H18N2O2S. The van der Waals surface area contributed by atoms with E-state index in [9.17, 15) is 9.90 Å². The van der Waals surface area contributed by atoms with E-state index in [0.717, 1.165) is 23.5 Å². The summed E-state index contributed by atoms with van der Waals surface area (Å²) < 4.78 is 0. The van der Waals surface area contributed by atoms with Crippen LogP contribution in [0, 0.1) is 0 Å². The van der Waals surface area contributed by atoms with E-state index in [2.05, 4.69) is 10.3 Å². The third-order valence-corrected chi connectivity index (χ3v) is 4.32. The minimum absolute atomic E-state index is 0.00265. The first-order chi connectivity index (χ1) is 8.68. The SMILES string of the molecule is O=C(CCc1ccncc1)NCC1(O)CCSC1. The van der Waals surface area contributed by atoms with Gasteiger partial charge in [0.15, 0.2) is 0 Å². The number of pyridine rings is 1.